The number of Topliss-reactive ketones (excluding diaryl/α,β-unsaturated/α-hetero) is 1. The third-order valence-corrected chi connectivity index (χ3v) is 7.32. The van der Waals surface area contributed by atoms with Gasteiger partial charge in [0.2, 0.25) is 0 Å². The van der Waals surface area contributed by atoms with Gasteiger partial charge in [0.25, 0.3) is 0 Å². The average molecular weight is 360 g/mol. The molecule has 0 amide bonds. The lowest BCUT2D eigenvalue weighted by molar-refractivity contribution is -0.355. The molecule has 0 radical (unpaired) electrons. The predicted octanol–water partition coefficient (Wildman–Crippen LogP) is 3.50. The molecule has 2 bridgehead atoms. The largest absolute Gasteiger partial charge is 0.504 e. The Kier molecular flexibility index (Phi) is 3.58. The molecule has 4 aliphatic rings. The first kappa shape index (κ1) is 17.8. The Morgan fingerprint density at radius 2 is 2.00 bits per heavy atom. The van der Waals surface area contributed by atoms with Crippen LogP contribution in [0.15, 0.2) is 6.07 Å². The summed E-state index contributed by atoms with van der Waals surface area (Å²) in [5.74, 6) is -0.624. The molecule has 26 heavy (non-hydrogen) atoms. The highest BCUT2D eigenvalue weighted by molar-refractivity contribution is 6.01. The third kappa shape index (κ3) is 1.91. The van der Waals surface area contributed by atoms with Crippen LogP contribution in [-0.2, 0) is 10.2 Å². The van der Waals surface area contributed by atoms with Crippen molar-refractivity contribution in [1.29, 1.82) is 0 Å². The van der Waals surface area contributed by atoms with Crippen LogP contribution in [0.5, 0.6) is 11.5 Å². The van der Waals surface area contributed by atoms with E-state index in [1.54, 1.807) is 7.11 Å². The van der Waals surface area contributed by atoms with Crippen molar-refractivity contribution in [3.05, 3.63) is 22.8 Å². The Bertz CT molecular complexity index is 784. The fraction of sp³-hybridized carbons (Fsp3) is 0.667. The van der Waals surface area contributed by atoms with Crippen LogP contribution in [0.2, 0.25) is 0 Å². The van der Waals surface area contributed by atoms with Crippen LogP contribution in [0, 0.1) is 11.3 Å². The van der Waals surface area contributed by atoms with Crippen molar-refractivity contribution in [3.8, 4) is 11.5 Å². The summed E-state index contributed by atoms with van der Waals surface area (Å²) < 4.78 is 11.5. The number of benzene rings is 1. The number of phenols is 1. The SMILES string of the molecule is COc1c(C(C)C)cc2c(c1O)[C@]13CC[C@](O)(OC1)C(C)(C)[C@@H]3CC2=O. The van der Waals surface area contributed by atoms with Crippen molar-refractivity contribution >= 4 is 5.78 Å². The van der Waals surface area contributed by atoms with Crippen molar-refractivity contribution in [2.45, 2.75) is 64.1 Å². The molecule has 1 aromatic rings. The van der Waals surface area contributed by atoms with Crippen LogP contribution < -0.4 is 4.74 Å². The maximum absolute atomic E-state index is 13.1. The smallest absolute Gasteiger partial charge is 0.170 e. The van der Waals surface area contributed by atoms with Gasteiger partial charge in [-0.1, -0.05) is 27.7 Å². The van der Waals surface area contributed by atoms with Crippen molar-refractivity contribution in [1.82, 2.24) is 0 Å². The summed E-state index contributed by atoms with van der Waals surface area (Å²) in [7, 11) is 1.55. The van der Waals surface area contributed by atoms with E-state index in [4.69, 9.17) is 9.47 Å². The summed E-state index contributed by atoms with van der Waals surface area (Å²) in [6, 6.07) is 1.90. The van der Waals surface area contributed by atoms with E-state index in [0.29, 0.717) is 42.7 Å². The molecule has 5 nitrogen and oxygen atoms in total. The Balaban J connectivity index is 2.01. The minimum Gasteiger partial charge on any atom is -0.504 e. The van der Waals surface area contributed by atoms with Crippen LogP contribution >= 0.6 is 0 Å². The second kappa shape index (κ2) is 5.23. The maximum Gasteiger partial charge on any atom is 0.170 e. The molecule has 1 aromatic carbocycles. The summed E-state index contributed by atoms with van der Waals surface area (Å²) >= 11 is 0. The minimum atomic E-state index is -1.21. The lowest BCUT2D eigenvalue weighted by atomic mass is 9.46. The highest BCUT2D eigenvalue weighted by atomic mass is 16.6. The minimum absolute atomic E-state index is 0.0275. The zero-order valence-electron chi connectivity index (χ0n) is 16.2. The monoisotopic (exact) mass is 360 g/mol. The van der Waals surface area contributed by atoms with Gasteiger partial charge in [-0.25, -0.2) is 0 Å². The first-order chi connectivity index (χ1) is 12.1. The zero-order valence-corrected chi connectivity index (χ0v) is 16.2. The number of methoxy groups -OCH3 is 1. The van der Waals surface area contributed by atoms with Crippen LogP contribution in [0.4, 0.5) is 0 Å². The summed E-state index contributed by atoms with van der Waals surface area (Å²) in [4.78, 5) is 13.1. The fourth-order valence-electron chi connectivity index (χ4n) is 5.69. The standard InChI is InChI=1S/C21H28O5/c1-11(2)12-8-13-14(22)9-15-19(3,4)21(24)7-6-20(15,10-26-21)16(13)17(23)18(12)25-5/h8,11,15,23-24H,6-7,9-10H2,1-5H3/t15-,20+,21-/m0/s1. The van der Waals surface area contributed by atoms with Crippen LogP contribution in [0.1, 0.15) is 74.4 Å². The third-order valence-electron chi connectivity index (χ3n) is 7.32. The normalized spacial score (nSPS) is 34.6. The molecule has 5 rings (SSSR count). The van der Waals surface area contributed by atoms with Gasteiger partial charge in [-0.05, 0) is 24.3 Å². The second-order valence-corrected chi connectivity index (χ2v) is 9.06. The van der Waals surface area contributed by atoms with E-state index < -0.39 is 16.6 Å². The molecule has 0 unspecified atom stereocenters. The van der Waals surface area contributed by atoms with Gasteiger partial charge >= 0.3 is 0 Å². The van der Waals surface area contributed by atoms with Gasteiger partial charge < -0.3 is 19.7 Å². The molecule has 3 atom stereocenters. The Labute approximate surface area is 154 Å². The van der Waals surface area contributed by atoms with Crippen molar-refractivity contribution in [3.63, 3.8) is 0 Å². The number of rotatable bonds is 2. The van der Waals surface area contributed by atoms with E-state index in [9.17, 15) is 15.0 Å². The molecule has 2 N–H and O–H groups in total. The average Bonchev–Trinajstić information content (AvgIpc) is 2.58. The van der Waals surface area contributed by atoms with E-state index in [0.717, 1.165) is 5.56 Å². The van der Waals surface area contributed by atoms with E-state index >= 15 is 0 Å². The number of aromatic hydroxyl groups is 1. The summed E-state index contributed by atoms with van der Waals surface area (Å²) in [5.41, 5.74) is 1.05. The van der Waals surface area contributed by atoms with Gasteiger partial charge in [0.1, 0.15) is 0 Å². The van der Waals surface area contributed by atoms with E-state index in [2.05, 4.69) is 0 Å². The number of fused-ring (bicyclic) bond motifs is 3. The zero-order chi connectivity index (χ0) is 19.1. The molecule has 2 heterocycles. The van der Waals surface area contributed by atoms with E-state index in [-0.39, 0.29) is 23.4 Å². The lowest BCUT2D eigenvalue weighted by Gasteiger charge is -2.65. The topological polar surface area (TPSA) is 76.0 Å². The maximum atomic E-state index is 13.1. The van der Waals surface area contributed by atoms with Gasteiger partial charge in [-0.15, -0.1) is 0 Å². The lowest BCUT2D eigenvalue weighted by Crippen LogP contribution is -2.69. The molecular formula is C21H28O5. The van der Waals surface area contributed by atoms with Crippen LogP contribution in [0.25, 0.3) is 0 Å². The molecule has 2 aliphatic carbocycles. The molecule has 1 saturated carbocycles. The summed E-state index contributed by atoms with van der Waals surface area (Å²) in [5, 5.41) is 22.2. The number of ketones is 1. The molecular weight excluding hydrogens is 332 g/mol. The molecule has 2 aliphatic heterocycles. The Morgan fingerprint density at radius 1 is 1.31 bits per heavy atom. The number of phenolic OH excluding ortho intramolecular Hbond substituents is 1. The highest BCUT2D eigenvalue weighted by Gasteiger charge is 2.68. The highest BCUT2D eigenvalue weighted by Crippen LogP contribution is 2.66. The van der Waals surface area contributed by atoms with Gasteiger partial charge in [-0.2, -0.15) is 0 Å². The van der Waals surface area contributed by atoms with Crippen LogP contribution in [-0.4, -0.2) is 35.5 Å². The molecule has 1 spiro atoms. The van der Waals surface area contributed by atoms with Crippen molar-refractivity contribution in [2.75, 3.05) is 13.7 Å². The number of ether oxygens (including phenoxy) is 2. The number of carbonyl (C=O) groups excluding carboxylic acids is 1. The number of hydrogen-bond acceptors (Lipinski definition) is 5. The van der Waals surface area contributed by atoms with Gasteiger partial charge in [0.05, 0.1) is 13.7 Å². The first-order valence-electron chi connectivity index (χ1n) is 9.43. The second-order valence-electron chi connectivity index (χ2n) is 9.06. The number of hydrogen-bond donors (Lipinski definition) is 2. The van der Waals surface area contributed by atoms with Crippen LogP contribution in [0.3, 0.4) is 0 Å². The molecule has 2 saturated heterocycles. The van der Waals surface area contributed by atoms with E-state index in [1.165, 1.54) is 0 Å². The number of carbonyl (C=O) groups is 1. The predicted molar refractivity (Wildman–Crippen MR) is 96.8 cm³/mol. The van der Waals surface area contributed by atoms with E-state index in [1.807, 2.05) is 33.8 Å². The van der Waals surface area contributed by atoms with Gasteiger partial charge in [0, 0.05) is 40.4 Å². The first-order valence-corrected chi connectivity index (χ1v) is 9.43. The Hall–Kier alpha value is -1.59. The quantitative estimate of drug-likeness (QED) is 0.844. The van der Waals surface area contributed by atoms with Gasteiger partial charge in [-0.3, -0.25) is 4.79 Å². The van der Waals surface area contributed by atoms with Gasteiger partial charge in [0.15, 0.2) is 23.1 Å². The van der Waals surface area contributed by atoms with Crippen molar-refractivity contribution < 1.29 is 24.5 Å². The number of aliphatic hydroxyl groups is 1. The molecule has 142 valence electrons. The molecule has 5 heteroatoms. The Morgan fingerprint density at radius 3 is 2.54 bits per heavy atom. The summed E-state index contributed by atoms with van der Waals surface area (Å²) in [6.45, 7) is 8.30. The summed E-state index contributed by atoms with van der Waals surface area (Å²) in [6.07, 6.45) is 1.56. The molecule has 3 fully saturated rings. The van der Waals surface area contributed by atoms with Crippen molar-refractivity contribution in [2.24, 2.45) is 11.3 Å². The fourth-order valence-corrected chi connectivity index (χ4v) is 5.69. The molecule has 0 aromatic heterocycles.